The number of anilines is 1. The molecule has 1 amide bonds. The number of benzene rings is 1. The summed E-state index contributed by atoms with van der Waals surface area (Å²) in [6, 6.07) is 7.05. The summed E-state index contributed by atoms with van der Waals surface area (Å²) in [6.45, 7) is 5.13. The number of guanidine groups is 1. The van der Waals surface area contributed by atoms with Crippen LogP contribution in [0.25, 0.3) is 0 Å². The number of carbonyl (C=O) groups excluding carboxylic acids is 1. The Morgan fingerprint density at radius 3 is 2.59 bits per heavy atom. The molecular weight excluding hydrogens is 533 g/mol. The van der Waals surface area contributed by atoms with Crippen molar-refractivity contribution in [2.45, 2.75) is 26.0 Å². The molecule has 0 aliphatic carbocycles. The monoisotopic (exact) mass is 566 g/mol. The SMILES string of the molecule is CN=C(NCCN1CCN(C(C)=O)CC1)NC1CCN(c2ccccc2OC(F)F)C1.I. The molecule has 0 radical (unpaired) electrons. The minimum Gasteiger partial charge on any atom is -0.433 e. The minimum absolute atomic E-state index is 0. The number of piperazine rings is 1. The zero-order valence-corrected chi connectivity index (χ0v) is 20.9. The number of alkyl halides is 2. The molecule has 2 aliphatic heterocycles. The number of para-hydroxylation sites is 2. The van der Waals surface area contributed by atoms with Crippen LogP contribution in [-0.2, 0) is 4.79 Å². The van der Waals surface area contributed by atoms with Crippen molar-refractivity contribution < 1.29 is 18.3 Å². The van der Waals surface area contributed by atoms with Crippen molar-refractivity contribution in [3.05, 3.63) is 24.3 Å². The summed E-state index contributed by atoms with van der Waals surface area (Å²) in [5.74, 6) is 1.06. The molecule has 8 nitrogen and oxygen atoms in total. The van der Waals surface area contributed by atoms with Crippen molar-refractivity contribution in [2.75, 3.05) is 64.3 Å². The molecule has 2 heterocycles. The van der Waals surface area contributed by atoms with Gasteiger partial charge < -0.3 is 25.2 Å². The van der Waals surface area contributed by atoms with Crippen LogP contribution in [0.4, 0.5) is 14.5 Å². The maximum Gasteiger partial charge on any atom is 0.387 e. The summed E-state index contributed by atoms with van der Waals surface area (Å²) in [5.41, 5.74) is 0.680. The van der Waals surface area contributed by atoms with E-state index in [0.717, 1.165) is 58.2 Å². The van der Waals surface area contributed by atoms with E-state index in [4.69, 9.17) is 0 Å². The van der Waals surface area contributed by atoms with E-state index >= 15 is 0 Å². The molecule has 180 valence electrons. The van der Waals surface area contributed by atoms with Crippen molar-refractivity contribution in [1.29, 1.82) is 0 Å². The maximum atomic E-state index is 12.7. The van der Waals surface area contributed by atoms with Crippen LogP contribution < -0.4 is 20.3 Å². The van der Waals surface area contributed by atoms with E-state index in [9.17, 15) is 13.6 Å². The molecule has 2 aliphatic rings. The number of amides is 1. The van der Waals surface area contributed by atoms with Crippen LogP contribution >= 0.6 is 24.0 Å². The van der Waals surface area contributed by atoms with Crippen LogP contribution in [0.2, 0.25) is 0 Å². The molecule has 1 unspecified atom stereocenters. The summed E-state index contributed by atoms with van der Waals surface area (Å²) in [7, 11) is 1.74. The number of ether oxygens (including phenoxy) is 1. The van der Waals surface area contributed by atoms with Gasteiger partial charge in [0.25, 0.3) is 0 Å². The fourth-order valence-corrected chi connectivity index (χ4v) is 4.02. The first-order chi connectivity index (χ1) is 15.0. The quantitative estimate of drug-likeness (QED) is 0.298. The molecule has 2 saturated heterocycles. The van der Waals surface area contributed by atoms with E-state index in [1.165, 1.54) is 0 Å². The highest BCUT2D eigenvalue weighted by Crippen LogP contribution is 2.31. The Bertz CT molecular complexity index is 762. The topological polar surface area (TPSA) is 72.4 Å². The predicted molar refractivity (Wildman–Crippen MR) is 132 cm³/mol. The zero-order valence-electron chi connectivity index (χ0n) is 18.6. The average molecular weight is 566 g/mol. The molecule has 0 aromatic heterocycles. The van der Waals surface area contributed by atoms with Gasteiger partial charge in [0, 0.05) is 72.4 Å². The van der Waals surface area contributed by atoms with Gasteiger partial charge >= 0.3 is 6.61 Å². The van der Waals surface area contributed by atoms with E-state index in [0.29, 0.717) is 12.2 Å². The molecule has 1 aromatic rings. The Labute approximate surface area is 205 Å². The van der Waals surface area contributed by atoms with Crippen LogP contribution in [0.15, 0.2) is 29.3 Å². The fourth-order valence-electron chi connectivity index (χ4n) is 4.02. The number of hydrogen-bond donors (Lipinski definition) is 2. The molecule has 1 atom stereocenters. The highest BCUT2D eigenvalue weighted by molar-refractivity contribution is 14.0. The van der Waals surface area contributed by atoms with Crippen LogP contribution in [0.3, 0.4) is 0 Å². The number of carbonyl (C=O) groups is 1. The van der Waals surface area contributed by atoms with E-state index in [2.05, 4.69) is 30.2 Å². The standard InChI is InChI=1S/C21H32F2N6O2.HI/c1-16(30)28-13-11-27(12-14-28)10-8-25-21(24-2)26-17-7-9-29(15-17)18-5-3-4-6-19(18)31-20(22)23;/h3-6,17,20H,7-15H2,1-2H3,(H2,24,25,26);1H. The van der Waals surface area contributed by atoms with Gasteiger partial charge in [0.1, 0.15) is 5.75 Å². The molecule has 0 bridgehead atoms. The van der Waals surface area contributed by atoms with Crippen molar-refractivity contribution in [3.8, 4) is 5.75 Å². The Balaban J connectivity index is 0.00000363. The van der Waals surface area contributed by atoms with Gasteiger partial charge in [-0.15, -0.1) is 24.0 Å². The van der Waals surface area contributed by atoms with Gasteiger partial charge in [0.15, 0.2) is 5.96 Å². The number of rotatable bonds is 7. The highest BCUT2D eigenvalue weighted by atomic mass is 127. The van der Waals surface area contributed by atoms with Crippen LogP contribution in [0.5, 0.6) is 5.75 Å². The van der Waals surface area contributed by atoms with Crippen LogP contribution in [0.1, 0.15) is 13.3 Å². The lowest BCUT2D eigenvalue weighted by molar-refractivity contribution is -0.130. The fraction of sp³-hybridized carbons (Fsp3) is 0.619. The number of hydrogen-bond acceptors (Lipinski definition) is 5. The molecule has 1 aromatic carbocycles. The van der Waals surface area contributed by atoms with E-state index in [1.807, 2.05) is 11.0 Å². The van der Waals surface area contributed by atoms with Gasteiger partial charge in [-0.3, -0.25) is 14.7 Å². The summed E-state index contributed by atoms with van der Waals surface area (Å²) >= 11 is 0. The molecule has 2 fully saturated rings. The molecular formula is C21H33F2IN6O2. The first-order valence-electron chi connectivity index (χ1n) is 10.7. The molecule has 32 heavy (non-hydrogen) atoms. The summed E-state index contributed by atoms with van der Waals surface area (Å²) in [4.78, 5) is 22.0. The predicted octanol–water partition coefficient (Wildman–Crippen LogP) is 1.81. The second kappa shape index (κ2) is 13.0. The van der Waals surface area contributed by atoms with Gasteiger partial charge in [-0.1, -0.05) is 12.1 Å². The highest BCUT2D eigenvalue weighted by Gasteiger charge is 2.26. The lowest BCUT2D eigenvalue weighted by Gasteiger charge is -2.34. The lowest BCUT2D eigenvalue weighted by atomic mass is 10.2. The second-order valence-corrected chi connectivity index (χ2v) is 7.77. The molecule has 2 N–H and O–H groups in total. The third-order valence-corrected chi connectivity index (χ3v) is 5.71. The second-order valence-electron chi connectivity index (χ2n) is 7.77. The Kier molecular flexibility index (Phi) is 10.7. The molecule has 0 saturated carbocycles. The van der Waals surface area contributed by atoms with Crippen LogP contribution in [0, 0.1) is 0 Å². The van der Waals surface area contributed by atoms with Gasteiger partial charge in [0.2, 0.25) is 5.91 Å². The van der Waals surface area contributed by atoms with Gasteiger partial charge in [-0.05, 0) is 18.6 Å². The van der Waals surface area contributed by atoms with Gasteiger partial charge in [0.05, 0.1) is 5.69 Å². The molecule has 0 spiro atoms. The van der Waals surface area contributed by atoms with Crippen LogP contribution in [-0.4, -0.2) is 93.7 Å². The zero-order chi connectivity index (χ0) is 22.2. The minimum atomic E-state index is -2.84. The third-order valence-electron chi connectivity index (χ3n) is 5.71. The van der Waals surface area contributed by atoms with E-state index < -0.39 is 6.61 Å². The normalized spacial score (nSPS) is 19.7. The summed E-state index contributed by atoms with van der Waals surface area (Å²) < 4.78 is 30.1. The van der Waals surface area contributed by atoms with Gasteiger partial charge in [-0.25, -0.2) is 0 Å². The Morgan fingerprint density at radius 1 is 1.22 bits per heavy atom. The third kappa shape index (κ3) is 7.61. The first kappa shape index (κ1) is 26.4. The number of aliphatic imine (C=N–C) groups is 1. The van der Waals surface area contributed by atoms with E-state index in [-0.39, 0.29) is 41.7 Å². The first-order valence-corrected chi connectivity index (χ1v) is 10.7. The molecule has 3 rings (SSSR count). The average Bonchev–Trinajstić information content (AvgIpc) is 3.21. The van der Waals surface area contributed by atoms with Crippen molar-refractivity contribution in [1.82, 2.24) is 20.4 Å². The van der Waals surface area contributed by atoms with Gasteiger partial charge in [-0.2, -0.15) is 8.78 Å². The Hall–Kier alpha value is -1.89. The smallest absolute Gasteiger partial charge is 0.387 e. The number of halogens is 3. The maximum absolute atomic E-state index is 12.7. The summed E-state index contributed by atoms with van der Waals surface area (Å²) in [5, 5.41) is 6.77. The van der Waals surface area contributed by atoms with E-state index in [1.54, 1.807) is 32.2 Å². The largest absolute Gasteiger partial charge is 0.433 e. The lowest BCUT2D eigenvalue weighted by Crippen LogP contribution is -2.51. The molecule has 11 heteroatoms. The van der Waals surface area contributed by atoms with Crippen molar-refractivity contribution in [3.63, 3.8) is 0 Å². The Morgan fingerprint density at radius 2 is 1.94 bits per heavy atom. The van der Waals surface area contributed by atoms with Crippen molar-refractivity contribution in [2.24, 2.45) is 4.99 Å². The summed E-state index contributed by atoms with van der Waals surface area (Å²) in [6.07, 6.45) is 0.872. The van der Waals surface area contributed by atoms with Crippen molar-refractivity contribution >= 4 is 41.5 Å². The number of nitrogens with one attached hydrogen (secondary N) is 2. The number of nitrogens with zero attached hydrogens (tertiary/aromatic N) is 4.